The molecular formula is C13H17BrO2. The van der Waals surface area contributed by atoms with Crippen molar-refractivity contribution in [1.82, 2.24) is 0 Å². The third-order valence-electron chi connectivity index (χ3n) is 1.64. The molecule has 0 saturated carbocycles. The van der Waals surface area contributed by atoms with Crippen molar-refractivity contribution in [3.63, 3.8) is 0 Å². The first-order chi connectivity index (χ1) is 7.70. The molecule has 0 bridgehead atoms. The van der Waals surface area contributed by atoms with Crippen LogP contribution in [0.5, 0.6) is 0 Å². The Morgan fingerprint density at radius 2 is 2.06 bits per heavy atom. The molecule has 3 heteroatoms. The van der Waals surface area contributed by atoms with Crippen LogP contribution in [0.15, 0.2) is 47.5 Å². The summed E-state index contributed by atoms with van der Waals surface area (Å²) in [5.41, 5.74) is 0. The summed E-state index contributed by atoms with van der Waals surface area (Å²) in [4.78, 5) is 10.3. The van der Waals surface area contributed by atoms with Gasteiger partial charge in [-0.1, -0.05) is 54.1 Å². The summed E-state index contributed by atoms with van der Waals surface area (Å²) in [6, 6.07) is 9.97. The lowest BCUT2D eigenvalue weighted by molar-refractivity contribution is -0.137. The molecule has 0 heterocycles. The Hall–Kier alpha value is -1.09. The molecule has 0 aromatic heterocycles. The van der Waals surface area contributed by atoms with Gasteiger partial charge in [0.1, 0.15) is 0 Å². The van der Waals surface area contributed by atoms with Gasteiger partial charge in [0, 0.05) is 10.5 Å². The molecule has 0 amide bonds. The molecule has 2 nitrogen and oxygen atoms in total. The van der Waals surface area contributed by atoms with E-state index in [-0.39, 0.29) is 5.97 Å². The second-order valence-corrected chi connectivity index (χ2v) is 3.94. The number of hydrogen-bond donors (Lipinski definition) is 0. The van der Waals surface area contributed by atoms with Gasteiger partial charge in [0.15, 0.2) is 0 Å². The van der Waals surface area contributed by atoms with Crippen molar-refractivity contribution in [3.8, 4) is 0 Å². The molecule has 0 aliphatic carbocycles. The fourth-order valence-electron chi connectivity index (χ4n) is 0.791. The molecule has 0 spiro atoms. The van der Waals surface area contributed by atoms with Crippen molar-refractivity contribution >= 4 is 21.9 Å². The maximum absolute atomic E-state index is 10.3. The lowest BCUT2D eigenvalue weighted by Crippen LogP contribution is -2.00. The highest BCUT2D eigenvalue weighted by Gasteiger charge is 1.91. The van der Waals surface area contributed by atoms with E-state index in [1.165, 1.54) is 6.08 Å². The second kappa shape index (κ2) is 10.4. The number of hydrogen-bond acceptors (Lipinski definition) is 2. The van der Waals surface area contributed by atoms with Gasteiger partial charge in [0.2, 0.25) is 0 Å². The van der Waals surface area contributed by atoms with Crippen molar-refractivity contribution < 1.29 is 9.53 Å². The normalized spacial score (nSPS) is 8.62. The van der Waals surface area contributed by atoms with Gasteiger partial charge in [-0.05, 0) is 18.6 Å². The molecule has 1 aromatic rings. The fourth-order valence-corrected chi connectivity index (χ4v) is 1.10. The Kier molecular flexibility index (Phi) is 9.72. The van der Waals surface area contributed by atoms with E-state index >= 15 is 0 Å². The highest BCUT2D eigenvalue weighted by atomic mass is 79.9. The van der Waals surface area contributed by atoms with Crippen molar-refractivity contribution in [1.29, 1.82) is 0 Å². The smallest absolute Gasteiger partial charge is 0.330 e. The first kappa shape index (κ1) is 14.9. The quantitative estimate of drug-likeness (QED) is 0.475. The number of benzene rings is 1. The molecule has 1 rings (SSSR count). The fraction of sp³-hybridized carbons (Fsp3) is 0.308. The summed E-state index contributed by atoms with van der Waals surface area (Å²) in [6.45, 7) is 5.82. The molecule has 0 atom stereocenters. The number of ether oxygens (including phenoxy) is 1. The summed E-state index contributed by atoms with van der Waals surface area (Å²) >= 11 is 3.31. The van der Waals surface area contributed by atoms with Gasteiger partial charge in [0.25, 0.3) is 0 Å². The number of esters is 1. The Bertz CT molecular complexity index is 296. The van der Waals surface area contributed by atoms with Crippen LogP contribution in [0.2, 0.25) is 0 Å². The van der Waals surface area contributed by atoms with Crippen molar-refractivity contribution in [3.05, 3.63) is 47.5 Å². The Morgan fingerprint density at radius 1 is 1.44 bits per heavy atom. The van der Waals surface area contributed by atoms with Gasteiger partial charge >= 0.3 is 5.97 Å². The minimum atomic E-state index is -0.330. The van der Waals surface area contributed by atoms with E-state index in [2.05, 4.69) is 27.2 Å². The molecule has 0 aliphatic heterocycles. The van der Waals surface area contributed by atoms with E-state index in [0.717, 1.165) is 17.3 Å². The van der Waals surface area contributed by atoms with Crippen molar-refractivity contribution in [2.24, 2.45) is 0 Å². The van der Waals surface area contributed by atoms with Gasteiger partial charge in [-0.25, -0.2) is 4.79 Å². The topological polar surface area (TPSA) is 26.3 Å². The zero-order valence-corrected chi connectivity index (χ0v) is 11.1. The van der Waals surface area contributed by atoms with Crippen LogP contribution in [0.25, 0.3) is 0 Å². The summed E-state index contributed by atoms with van der Waals surface area (Å²) in [5.74, 6) is -0.330. The SMILES string of the molecule is Brc1ccccc1.C=CC(=O)OCCCC. The summed E-state index contributed by atoms with van der Waals surface area (Å²) in [7, 11) is 0. The predicted octanol–water partition coefficient (Wildman–Crippen LogP) is 3.96. The van der Waals surface area contributed by atoms with Crippen LogP contribution in [0.1, 0.15) is 19.8 Å². The molecule has 0 unspecified atom stereocenters. The van der Waals surface area contributed by atoms with Crippen LogP contribution in [0.4, 0.5) is 0 Å². The highest BCUT2D eigenvalue weighted by molar-refractivity contribution is 9.10. The second-order valence-electron chi connectivity index (χ2n) is 3.02. The zero-order chi connectivity index (χ0) is 12.2. The predicted molar refractivity (Wildman–Crippen MR) is 70.2 cm³/mol. The number of carbonyl (C=O) groups excluding carboxylic acids is 1. The molecule has 0 fully saturated rings. The van der Waals surface area contributed by atoms with Gasteiger partial charge < -0.3 is 4.74 Å². The van der Waals surface area contributed by atoms with Crippen LogP contribution in [0.3, 0.4) is 0 Å². The van der Waals surface area contributed by atoms with E-state index in [1.807, 2.05) is 37.3 Å². The largest absolute Gasteiger partial charge is 0.463 e. The maximum atomic E-state index is 10.3. The Labute approximate surface area is 105 Å². The van der Waals surface area contributed by atoms with Crippen LogP contribution >= 0.6 is 15.9 Å². The van der Waals surface area contributed by atoms with Crippen molar-refractivity contribution in [2.75, 3.05) is 6.61 Å². The third kappa shape index (κ3) is 9.46. The van der Waals surface area contributed by atoms with Crippen LogP contribution in [-0.4, -0.2) is 12.6 Å². The highest BCUT2D eigenvalue weighted by Crippen LogP contribution is 2.05. The first-order valence-electron chi connectivity index (χ1n) is 5.20. The van der Waals surface area contributed by atoms with Gasteiger partial charge in [-0.15, -0.1) is 0 Å². The van der Waals surface area contributed by atoms with Crippen LogP contribution in [0, 0.1) is 0 Å². The minimum Gasteiger partial charge on any atom is -0.463 e. The number of halogens is 1. The molecule has 0 saturated heterocycles. The number of rotatable bonds is 4. The molecule has 16 heavy (non-hydrogen) atoms. The standard InChI is InChI=1S/C7H12O2.C6H5Br/c1-3-5-6-9-7(8)4-2;7-6-4-2-1-3-5-6/h4H,2-3,5-6H2,1H3;1-5H. The maximum Gasteiger partial charge on any atom is 0.330 e. The molecule has 88 valence electrons. The van der Waals surface area contributed by atoms with Crippen molar-refractivity contribution in [2.45, 2.75) is 19.8 Å². The molecular weight excluding hydrogens is 268 g/mol. The van der Waals surface area contributed by atoms with E-state index in [4.69, 9.17) is 0 Å². The molecule has 0 radical (unpaired) electrons. The van der Waals surface area contributed by atoms with E-state index < -0.39 is 0 Å². The molecule has 1 aromatic carbocycles. The first-order valence-corrected chi connectivity index (χ1v) is 5.99. The lowest BCUT2D eigenvalue weighted by atomic mass is 10.4. The van der Waals surface area contributed by atoms with E-state index in [9.17, 15) is 4.79 Å². The Morgan fingerprint density at radius 3 is 2.44 bits per heavy atom. The lowest BCUT2D eigenvalue weighted by Gasteiger charge is -1.97. The summed E-state index contributed by atoms with van der Waals surface area (Å²) in [5, 5.41) is 0. The van der Waals surface area contributed by atoms with Crippen LogP contribution in [-0.2, 0) is 9.53 Å². The van der Waals surface area contributed by atoms with Crippen LogP contribution < -0.4 is 0 Å². The Balaban J connectivity index is 0.000000288. The van der Waals surface area contributed by atoms with E-state index in [1.54, 1.807) is 0 Å². The van der Waals surface area contributed by atoms with E-state index in [0.29, 0.717) is 6.61 Å². The third-order valence-corrected chi connectivity index (χ3v) is 2.17. The summed E-state index contributed by atoms with van der Waals surface area (Å²) < 4.78 is 5.81. The van der Waals surface area contributed by atoms with Gasteiger partial charge in [-0.3, -0.25) is 0 Å². The molecule has 0 aliphatic rings. The van der Waals surface area contributed by atoms with Gasteiger partial charge in [-0.2, -0.15) is 0 Å². The summed E-state index contributed by atoms with van der Waals surface area (Å²) in [6.07, 6.45) is 3.15. The average Bonchev–Trinajstić information content (AvgIpc) is 2.31. The van der Waals surface area contributed by atoms with Gasteiger partial charge in [0.05, 0.1) is 6.61 Å². The monoisotopic (exact) mass is 284 g/mol. The number of carbonyl (C=O) groups is 1. The average molecular weight is 285 g/mol. The minimum absolute atomic E-state index is 0.330. The molecule has 0 N–H and O–H groups in total. The zero-order valence-electron chi connectivity index (χ0n) is 9.49. The number of unbranched alkanes of at least 4 members (excludes halogenated alkanes) is 1.